The zero-order valence-electron chi connectivity index (χ0n) is 19.3. The Bertz CT molecular complexity index is 1240. The topological polar surface area (TPSA) is 65.3 Å². The molecule has 0 unspecified atom stereocenters. The van der Waals surface area contributed by atoms with E-state index < -0.39 is 0 Å². The molecule has 0 radical (unpaired) electrons. The molecule has 0 aliphatic carbocycles. The number of rotatable bonds is 10. The third-order valence-corrected chi connectivity index (χ3v) is 6.43. The minimum atomic E-state index is 0.601. The second-order valence-corrected chi connectivity index (χ2v) is 9.10. The van der Waals surface area contributed by atoms with E-state index in [-0.39, 0.29) is 0 Å². The summed E-state index contributed by atoms with van der Waals surface area (Å²) in [7, 11) is 5.33. The maximum absolute atomic E-state index is 6.31. The second-order valence-electron chi connectivity index (χ2n) is 7.72. The van der Waals surface area contributed by atoms with Crippen LogP contribution in [0.15, 0.2) is 72.1 Å². The fourth-order valence-corrected chi connectivity index (χ4v) is 4.70. The minimum Gasteiger partial charge on any atom is -0.493 e. The number of thioether (sulfide) groups is 1. The highest BCUT2D eigenvalue weighted by Crippen LogP contribution is 2.29. The molecule has 0 spiro atoms. The Morgan fingerprint density at radius 3 is 2.44 bits per heavy atom. The predicted molar refractivity (Wildman–Crippen MR) is 135 cm³/mol. The van der Waals surface area contributed by atoms with Crippen LogP contribution in [0.1, 0.15) is 17.0 Å². The van der Waals surface area contributed by atoms with Crippen molar-refractivity contribution in [3.63, 3.8) is 0 Å². The average Bonchev–Trinajstić information content (AvgIpc) is 3.25. The molecule has 7 nitrogen and oxygen atoms in total. The zero-order valence-corrected chi connectivity index (χ0v) is 20.9. The molecule has 0 aliphatic heterocycles. The Labute approximate surface area is 208 Å². The monoisotopic (exact) mass is 495 g/mol. The third-order valence-electron chi connectivity index (χ3n) is 5.20. The highest BCUT2D eigenvalue weighted by atomic mass is 35.5. The van der Waals surface area contributed by atoms with Crippen molar-refractivity contribution in [3.05, 3.63) is 89.0 Å². The molecule has 0 aliphatic rings. The number of benzene rings is 2. The Morgan fingerprint density at radius 2 is 1.71 bits per heavy atom. The van der Waals surface area contributed by atoms with Crippen LogP contribution in [0.4, 0.5) is 0 Å². The first-order chi connectivity index (χ1) is 16.6. The van der Waals surface area contributed by atoms with E-state index in [2.05, 4.69) is 31.7 Å². The predicted octanol–water partition coefficient (Wildman–Crippen LogP) is 5.26. The van der Waals surface area contributed by atoms with Crippen LogP contribution in [0.2, 0.25) is 5.02 Å². The first kappa shape index (κ1) is 24.1. The molecule has 0 saturated heterocycles. The van der Waals surface area contributed by atoms with Crippen LogP contribution in [-0.2, 0) is 18.8 Å². The number of methoxy groups -OCH3 is 2. The van der Waals surface area contributed by atoms with Crippen LogP contribution in [0.5, 0.6) is 11.5 Å². The van der Waals surface area contributed by atoms with Crippen molar-refractivity contribution < 1.29 is 9.47 Å². The van der Waals surface area contributed by atoms with Gasteiger partial charge in [-0.3, -0.25) is 14.5 Å². The fraction of sp³-hybridized carbons (Fsp3) is 0.240. The fourth-order valence-electron chi connectivity index (χ4n) is 3.59. The number of hydrogen-bond acceptors (Lipinski definition) is 7. The van der Waals surface area contributed by atoms with Gasteiger partial charge in [0.2, 0.25) is 0 Å². The molecule has 0 fully saturated rings. The van der Waals surface area contributed by atoms with E-state index in [0.29, 0.717) is 29.6 Å². The molecule has 0 bridgehead atoms. The van der Waals surface area contributed by atoms with Gasteiger partial charge in [-0.1, -0.05) is 35.5 Å². The van der Waals surface area contributed by atoms with Gasteiger partial charge in [0.15, 0.2) is 22.5 Å². The molecule has 4 aromatic rings. The molecule has 4 rings (SSSR count). The number of aromatic nitrogens is 4. The van der Waals surface area contributed by atoms with E-state index in [1.807, 2.05) is 54.6 Å². The van der Waals surface area contributed by atoms with Crippen molar-refractivity contribution >= 4 is 23.4 Å². The lowest BCUT2D eigenvalue weighted by molar-refractivity contribution is 0.306. The van der Waals surface area contributed by atoms with E-state index in [4.69, 9.17) is 21.1 Å². The lowest BCUT2D eigenvalue weighted by Crippen LogP contribution is -2.20. The van der Waals surface area contributed by atoms with Crippen LogP contribution in [0.25, 0.3) is 5.69 Å². The Balaban J connectivity index is 1.56. The van der Waals surface area contributed by atoms with Crippen LogP contribution in [-0.4, -0.2) is 45.9 Å². The molecule has 0 atom stereocenters. The number of nitrogens with zero attached hydrogens (tertiary/aromatic N) is 5. The summed E-state index contributed by atoms with van der Waals surface area (Å²) in [6.45, 7) is 1.31. The summed E-state index contributed by atoms with van der Waals surface area (Å²) in [4.78, 5) is 6.27. The quantitative estimate of drug-likeness (QED) is 0.278. The average molecular weight is 496 g/mol. The number of halogens is 1. The summed E-state index contributed by atoms with van der Waals surface area (Å²) in [6, 6.07) is 17.7. The summed E-state index contributed by atoms with van der Waals surface area (Å²) >= 11 is 7.94. The van der Waals surface area contributed by atoms with E-state index in [0.717, 1.165) is 28.0 Å². The number of pyridine rings is 1. The maximum atomic E-state index is 6.31. The first-order valence-electron chi connectivity index (χ1n) is 10.7. The first-order valence-corrected chi connectivity index (χ1v) is 12.0. The summed E-state index contributed by atoms with van der Waals surface area (Å²) in [5, 5.41) is 10.5. The highest BCUT2D eigenvalue weighted by Gasteiger charge is 2.17. The van der Waals surface area contributed by atoms with Crippen LogP contribution >= 0.6 is 23.4 Å². The molecule has 2 aromatic carbocycles. The van der Waals surface area contributed by atoms with Gasteiger partial charge in [0.05, 0.1) is 26.5 Å². The van der Waals surface area contributed by atoms with E-state index in [1.165, 1.54) is 5.56 Å². The van der Waals surface area contributed by atoms with Crippen molar-refractivity contribution in [2.75, 3.05) is 21.3 Å². The van der Waals surface area contributed by atoms with E-state index >= 15 is 0 Å². The zero-order chi connectivity index (χ0) is 23.9. The second kappa shape index (κ2) is 11.4. The largest absolute Gasteiger partial charge is 0.493 e. The van der Waals surface area contributed by atoms with Crippen LogP contribution < -0.4 is 9.47 Å². The lowest BCUT2D eigenvalue weighted by atomic mass is 10.2. The van der Waals surface area contributed by atoms with Gasteiger partial charge in [0, 0.05) is 29.7 Å². The molecule has 0 amide bonds. The molecule has 176 valence electrons. The van der Waals surface area contributed by atoms with Crippen molar-refractivity contribution in [1.29, 1.82) is 0 Å². The molecule has 2 heterocycles. The van der Waals surface area contributed by atoms with Crippen molar-refractivity contribution in [2.24, 2.45) is 0 Å². The van der Waals surface area contributed by atoms with Crippen molar-refractivity contribution in [2.45, 2.75) is 24.0 Å². The summed E-state index contributed by atoms with van der Waals surface area (Å²) < 4.78 is 12.9. The Morgan fingerprint density at radius 1 is 0.912 bits per heavy atom. The molecule has 34 heavy (non-hydrogen) atoms. The molecule has 0 N–H and O–H groups in total. The minimum absolute atomic E-state index is 0.601. The normalized spacial score (nSPS) is 11.1. The smallest absolute Gasteiger partial charge is 0.196 e. The van der Waals surface area contributed by atoms with Gasteiger partial charge in [-0.05, 0) is 60.6 Å². The SMILES string of the molecule is COc1ccc(CN(C)Cc2nnc(SCc3ccncc3)n2-c2cccc(Cl)c2)cc1OC. The van der Waals surface area contributed by atoms with E-state index in [1.54, 1.807) is 38.4 Å². The van der Waals surface area contributed by atoms with Gasteiger partial charge in [-0.2, -0.15) is 0 Å². The lowest BCUT2D eigenvalue weighted by Gasteiger charge is -2.18. The summed E-state index contributed by atoms with van der Waals surface area (Å²) in [6.07, 6.45) is 3.60. The molecular formula is C25H26ClN5O2S. The van der Waals surface area contributed by atoms with Crippen molar-refractivity contribution in [3.8, 4) is 17.2 Å². The molecule has 0 saturated carbocycles. The molecule has 9 heteroatoms. The standard InChI is InChI=1S/C25H26ClN5O2S/c1-30(15-19-7-8-22(32-2)23(13-19)33-3)16-24-28-29-25(34-17-18-9-11-27-12-10-18)31(24)21-6-4-5-20(26)14-21/h4-14H,15-17H2,1-3H3. The number of hydrogen-bond donors (Lipinski definition) is 0. The molecule has 2 aromatic heterocycles. The number of ether oxygens (including phenoxy) is 2. The van der Waals surface area contributed by atoms with Gasteiger partial charge in [0.1, 0.15) is 0 Å². The summed E-state index contributed by atoms with van der Waals surface area (Å²) in [5.74, 6) is 3.03. The van der Waals surface area contributed by atoms with Gasteiger partial charge in [-0.25, -0.2) is 0 Å². The summed E-state index contributed by atoms with van der Waals surface area (Å²) in [5.41, 5.74) is 3.22. The Kier molecular flexibility index (Phi) is 8.05. The Hall–Kier alpha value is -3.07. The van der Waals surface area contributed by atoms with Crippen LogP contribution in [0.3, 0.4) is 0 Å². The maximum Gasteiger partial charge on any atom is 0.196 e. The third kappa shape index (κ3) is 5.88. The van der Waals surface area contributed by atoms with Gasteiger partial charge in [0.25, 0.3) is 0 Å². The van der Waals surface area contributed by atoms with Gasteiger partial charge < -0.3 is 9.47 Å². The van der Waals surface area contributed by atoms with Crippen molar-refractivity contribution in [1.82, 2.24) is 24.6 Å². The van der Waals surface area contributed by atoms with Crippen LogP contribution in [0, 0.1) is 0 Å². The van der Waals surface area contributed by atoms with Gasteiger partial charge >= 0.3 is 0 Å². The van der Waals surface area contributed by atoms with E-state index in [9.17, 15) is 0 Å². The highest BCUT2D eigenvalue weighted by molar-refractivity contribution is 7.98. The molecular weight excluding hydrogens is 470 g/mol. The van der Waals surface area contributed by atoms with Gasteiger partial charge in [-0.15, -0.1) is 10.2 Å².